The molecule has 0 amide bonds. The summed E-state index contributed by atoms with van der Waals surface area (Å²) in [6.45, 7) is 2.77. The molecule has 17 heavy (non-hydrogen) atoms. The first kappa shape index (κ1) is 14.0. The molecule has 0 aromatic heterocycles. The normalized spacial score (nSPS) is 11.8. The van der Waals surface area contributed by atoms with Crippen LogP contribution >= 0.6 is 0 Å². The van der Waals surface area contributed by atoms with Gasteiger partial charge in [0.25, 0.3) is 10.0 Å². The fourth-order valence-corrected chi connectivity index (χ4v) is 2.66. The van der Waals surface area contributed by atoms with Gasteiger partial charge in [-0.2, -0.15) is 0 Å². The summed E-state index contributed by atoms with van der Waals surface area (Å²) in [7, 11) is -0.230. The molecule has 0 aliphatic rings. The maximum absolute atomic E-state index is 12.0. The number of hydrazine groups is 1. The highest BCUT2D eigenvalue weighted by atomic mass is 32.2. The molecule has 1 aromatic carbocycles. The lowest BCUT2D eigenvalue weighted by atomic mass is 10.3. The van der Waals surface area contributed by atoms with Gasteiger partial charge in [-0.15, -0.1) is 4.83 Å². The van der Waals surface area contributed by atoms with Gasteiger partial charge in [-0.25, -0.2) is 13.4 Å². The van der Waals surface area contributed by atoms with Crippen LogP contribution in [-0.4, -0.2) is 34.1 Å². The lowest BCUT2D eigenvalue weighted by molar-refractivity contribution is 0.364. The average molecular weight is 257 g/mol. The van der Waals surface area contributed by atoms with Crippen molar-refractivity contribution in [1.82, 2.24) is 9.84 Å². The summed E-state index contributed by atoms with van der Waals surface area (Å²) in [5.74, 6) is 0. The molecule has 0 heterocycles. The average Bonchev–Trinajstić information content (AvgIpc) is 2.25. The number of rotatable bonds is 6. The largest absolute Gasteiger partial charge is 0.384 e. The van der Waals surface area contributed by atoms with Gasteiger partial charge in [0, 0.05) is 20.6 Å². The van der Waals surface area contributed by atoms with Gasteiger partial charge in [-0.3, -0.25) is 0 Å². The number of nitrogens with one attached hydrogen (secondary N) is 2. The van der Waals surface area contributed by atoms with E-state index in [0.29, 0.717) is 5.69 Å². The molecular weight excluding hydrogens is 238 g/mol. The van der Waals surface area contributed by atoms with Crippen LogP contribution < -0.4 is 10.1 Å². The highest BCUT2D eigenvalue weighted by Gasteiger charge is 2.18. The molecule has 0 saturated carbocycles. The molecule has 0 radical (unpaired) electrons. The van der Waals surface area contributed by atoms with Crippen LogP contribution in [0.25, 0.3) is 0 Å². The van der Waals surface area contributed by atoms with Gasteiger partial charge in [0.2, 0.25) is 0 Å². The first-order valence-corrected chi connectivity index (χ1v) is 6.98. The fourth-order valence-electron chi connectivity index (χ4n) is 1.40. The van der Waals surface area contributed by atoms with E-state index in [-0.39, 0.29) is 4.90 Å². The number of nitrogens with zero attached hydrogens (tertiary/aromatic N) is 1. The molecule has 0 bridgehead atoms. The van der Waals surface area contributed by atoms with Crippen LogP contribution in [0.1, 0.15) is 13.3 Å². The summed E-state index contributed by atoms with van der Waals surface area (Å²) in [6.07, 6.45) is 0.940. The van der Waals surface area contributed by atoms with Gasteiger partial charge in [-0.1, -0.05) is 19.1 Å². The zero-order chi connectivity index (χ0) is 12.9. The van der Waals surface area contributed by atoms with Crippen molar-refractivity contribution in [3.05, 3.63) is 24.3 Å². The molecule has 1 rings (SSSR count). The molecular formula is C11H19N3O2S. The molecule has 96 valence electrons. The van der Waals surface area contributed by atoms with E-state index in [9.17, 15) is 8.42 Å². The second kappa shape index (κ2) is 6.00. The first-order valence-electron chi connectivity index (χ1n) is 5.50. The Morgan fingerprint density at radius 1 is 1.24 bits per heavy atom. The fraction of sp³-hybridized carbons (Fsp3) is 0.455. The zero-order valence-electron chi connectivity index (χ0n) is 10.4. The molecule has 1 aromatic rings. The highest BCUT2D eigenvalue weighted by molar-refractivity contribution is 7.89. The number of hydrogen-bond acceptors (Lipinski definition) is 4. The van der Waals surface area contributed by atoms with Crippen molar-refractivity contribution in [2.45, 2.75) is 18.2 Å². The first-order chi connectivity index (χ1) is 7.97. The standard InChI is InChI=1S/C11H19N3O2S/c1-4-9-12-10-7-5-6-8-11(10)17(15,16)13-14(2)3/h5-8,12-13H,4,9H2,1-3H3. The lowest BCUT2D eigenvalue weighted by Gasteiger charge is -2.15. The maximum Gasteiger partial charge on any atom is 0.255 e. The summed E-state index contributed by atoms with van der Waals surface area (Å²) in [5, 5.41) is 4.51. The number of anilines is 1. The van der Waals surface area contributed by atoms with Gasteiger partial charge < -0.3 is 5.32 Å². The van der Waals surface area contributed by atoms with E-state index < -0.39 is 10.0 Å². The molecule has 0 atom stereocenters. The topological polar surface area (TPSA) is 61.4 Å². The smallest absolute Gasteiger partial charge is 0.255 e. The monoisotopic (exact) mass is 257 g/mol. The van der Waals surface area contributed by atoms with E-state index >= 15 is 0 Å². The number of para-hydroxylation sites is 1. The minimum Gasteiger partial charge on any atom is -0.384 e. The van der Waals surface area contributed by atoms with Crippen LogP contribution in [0.3, 0.4) is 0 Å². The summed E-state index contributed by atoms with van der Waals surface area (Å²) in [4.78, 5) is 2.68. The lowest BCUT2D eigenvalue weighted by Crippen LogP contribution is -2.36. The number of benzene rings is 1. The molecule has 0 aliphatic carbocycles. The Morgan fingerprint density at radius 2 is 1.88 bits per heavy atom. The highest BCUT2D eigenvalue weighted by Crippen LogP contribution is 2.20. The molecule has 0 aliphatic heterocycles. The van der Waals surface area contributed by atoms with Crippen LogP contribution in [0.15, 0.2) is 29.2 Å². The second-order valence-corrected chi connectivity index (χ2v) is 5.54. The quantitative estimate of drug-likeness (QED) is 0.753. The molecule has 6 heteroatoms. The SMILES string of the molecule is CCCNc1ccccc1S(=O)(=O)NN(C)C. The third kappa shape index (κ3) is 3.99. The Morgan fingerprint density at radius 3 is 2.47 bits per heavy atom. The Hall–Kier alpha value is -1.11. The summed E-state index contributed by atoms with van der Waals surface area (Å²) < 4.78 is 24.1. The van der Waals surface area contributed by atoms with E-state index in [1.54, 1.807) is 32.3 Å². The van der Waals surface area contributed by atoms with Crippen molar-refractivity contribution in [3.8, 4) is 0 Å². The van der Waals surface area contributed by atoms with Crippen LogP contribution in [0.5, 0.6) is 0 Å². The van der Waals surface area contributed by atoms with E-state index in [1.165, 1.54) is 5.01 Å². The van der Waals surface area contributed by atoms with Gasteiger partial charge in [0.1, 0.15) is 4.90 Å². The van der Waals surface area contributed by atoms with Gasteiger partial charge in [0.15, 0.2) is 0 Å². The third-order valence-corrected chi connectivity index (χ3v) is 3.59. The Labute approximate surface area is 103 Å². The Balaban J connectivity index is 3.04. The molecule has 0 unspecified atom stereocenters. The second-order valence-electron chi connectivity index (χ2n) is 3.91. The van der Waals surface area contributed by atoms with Crippen LogP contribution in [0, 0.1) is 0 Å². The van der Waals surface area contributed by atoms with Crippen molar-refractivity contribution >= 4 is 15.7 Å². The van der Waals surface area contributed by atoms with Crippen LogP contribution in [0.2, 0.25) is 0 Å². The van der Waals surface area contributed by atoms with Crippen molar-refractivity contribution in [2.24, 2.45) is 0 Å². The minimum atomic E-state index is -3.51. The van der Waals surface area contributed by atoms with Crippen LogP contribution in [-0.2, 0) is 10.0 Å². The minimum absolute atomic E-state index is 0.266. The van der Waals surface area contributed by atoms with E-state index in [0.717, 1.165) is 13.0 Å². The zero-order valence-corrected chi connectivity index (χ0v) is 11.2. The summed E-state index contributed by atoms with van der Waals surface area (Å²) >= 11 is 0. The molecule has 5 nitrogen and oxygen atoms in total. The van der Waals surface area contributed by atoms with E-state index in [2.05, 4.69) is 10.1 Å². The Kier molecular flexibility index (Phi) is 4.92. The molecule has 2 N–H and O–H groups in total. The van der Waals surface area contributed by atoms with Gasteiger partial charge in [-0.05, 0) is 18.6 Å². The number of hydrogen-bond donors (Lipinski definition) is 2. The predicted molar refractivity (Wildman–Crippen MR) is 69.2 cm³/mol. The van der Waals surface area contributed by atoms with Crippen LogP contribution in [0.4, 0.5) is 5.69 Å². The summed E-state index contributed by atoms with van der Waals surface area (Å²) in [6, 6.07) is 6.87. The molecule has 0 spiro atoms. The third-order valence-electron chi connectivity index (χ3n) is 2.04. The molecule has 0 fully saturated rings. The maximum atomic E-state index is 12.0. The Bertz CT molecular complexity index is 458. The van der Waals surface area contributed by atoms with Crippen molar-refractivity contribution in [1.29, 1.82) is 0 Å². The predicted octanol–water partition coefficient (Wildman–Crippen LogP) is 1.26. The summed E-state index contributed by atoms with van der Waals surface area (Å²) in [5.41, 5.74) is 0.628. The number of sulfonamides is 1. The van der Waals surface area contributed by atoms with Gasteiger partial charge >= 0.3 is 0 Å². The van der Waals surface area contributed by atoms with Crippen molar-refractivity contribution in [3.63, 3.8) is 0 Å². The molecule has 0 saturated heterocycles. The van der Waals surface area contributed by atoms with Crippen molar-refractivity contribution < 1.29 is 8.42 Å². The van der Waals surface area contributed by atoms with E-state index in [4.69, 9.17) is 0 Å². The van der Waals surface area contributed by atoms with E-state index in [1.807, 2.05) is 13.0 Å². The van der Waals surface area contributed by atoms with Crippen molar-refractivity contribution in [2.75, 3.05) is 26.0 Å². The van der Waals surface area contributed by atoms with Gasteiger partial charge in [0.05, 0.1) is 5.69 Å².